The Kier molecular flexibility index (Phi) is 3.42. The van der Waals surface area contributed by atoms with Crippen molar-refractivity contribution in [1.29, 1.82) is 0 Å². The van der Waals surface area contributed by atoms with Gasteiger partial charge in [0.05, 0.1) is 17.9 Å². The Labute approximate surface area is 105 Å². The Balaban J connectivity index is 2.34. The van der Waals surface area contributed by atoms with Gasteiger partial charge in [0.2, 0.25) is 10.0 Å². The lowest BCUT2D eigenvalue weighted by Crippen LogP contribution is -2.24. The average Bonchev–Trinajstić information content (AvgIpc) is 2.52. The Hall–Kier alpha value is -1.76. The summed E-state index contributed by atoms with van der Waals surface area (Å²) in [6, 6.07) is 4.64. The molecule has 0 bridgehead atoms. The number of fused-ring (bicyclic) bond motifs is 1. The van der Waals surface area contributed by atoms with Crippen molar-refractivity contribution < 1.29 is 17.9 Å². The van der Waals surface area contributed by atoms with Crippen molar-refractivity contribution in [2.75, 3.05) is 23.6 Å². The van der Waals surface area contributed by atoms with Gasteiger partial charge in [-0.15, -0.1) is 0 Å². The van der Waals surface area contributed by atoms with Crippen LogP contribution in [-0.2, 0) is 10.0 Å². The fourth-order valence-electron chi connectivity index (χ4n) is 1.57. The molecule has 0 aromatic heterocycles. The van der Waals surface area contributed by atoms with E-state index in [1.807, 2.05) is 0 Å². The number of ether oxygens (including phenoxy) is 1. The zero-order chi connectivity index (χ0) is 13.2. The third kappa shape index (κ3) is 2.73. The molecule has 18 heavy (non-hydrogen) atoms. The summed E-state index contributed by atoms with van der Waals surface area (Å²) < 4.78 is 30.7. The van der Waals surface area contributed by atoms with E-state index in [0.29, 0.717) is 30.2 Å². The molecule has 2 rings (SSSR count). The lowest BCUT2D eigenvalue weighted by Gasteiger charge is -2.09. The van der Waals surface area contributed by atoms with Gasteiger partial charge in [-0.25, -0.2) is 8.42 Å². The van der Waals surface area contributed by atoms with Crippen LogP contribution in [0.1, 0.15) is 17.3 Å². The van der Waals surface area contributed by atoms with Crippen LogP contribution in [0.2, 0.25) is 0 Å². The lowest BCUT2D eigenvalue weighted by atomic mass is 10.1. The molecule has 0 unspecified atom stereocenters. The number of carbonyl (C=O) groups excluding carboxylic acids is 1. The molecule has 1 aliphatic rings. The van der Waals surface area contributed by atoms with Crippen LogP contribution in [-0.4, -0.2) is 33.2 Å². The van der Waals surface area contributed by atoms with Crippen LogP contribution >= 0.6 is 0 Å². The summed E-state index contributed by atoms with van der Waals surface area (Å²) in [6.07, 6.45) is 0. The first-order chi connectivity index (χ1) is 8.52. The topological polar surface area (TPSA) is 84.5 Å². The maximum Gasteiger partial charge on any atom is 0.255 e. The largest absolute Gasteiger partial charge is 0.491 e. The van der Waals surface area contributed by atoms with Gasteiger partial charge >= 0.3 is 0 Å². The van der Waals surface area contributed by atoms with Crippen LogP contribution in [0.4, 0.5) is 5.69 Å². The molecule has 0 radical (unpaired) electrons. The first-order valence-corrected chi connectivity index (χ1v) is 7.22. The minimum absolute atomic E-state index is 0.0211. The fourth-order valence-corrected chi connectivity index (χ4v) is 2.20. The minimum Gasteiger partial charge on any atom is -0.491 e. The van der Waals surface area contributed by atoms with Gasteiger partial charge in [0.1, 0.15) is 12.4 Å². The molecule has 1 heterocycles. The van der Waals surface area contributed by atoms with E-state index in [4.69, 9.17) is 4.74 Å². The molecule has 0 fully saturated rings. The van der Waals surface area contributed by atoms with E-state index in [9.17, 15) is 13.2 Å². The number of nitrogens with one attached hydrogen (secondary N) is 2. The van der Waals surface area contributed by atoms with E-state index in [2.05, 4.69) is 10.0 Å². The molecule has 7 heteroatoms. The van der Waals surface area contributed by atoms with Crippen LogP contribution in [0.15, 0.2) is 18.2 Å². The van der Waals surface area contributed by atoms with Crippen LogP contribution < -0.4 is 14.8 Å². The number of hydrogen-bond acceptors (Lipinski definition) is 4. The third-order valence-corrected chi connectivity index (χ3v) is 3.83. The van der Waals surface area contributed by atoms with E-state index in [0.717, 1.165) is 0 Å². The number of amides is 1. The quantitative estimate of drug-likeness (QED) is 0.841. The second-order valence-electron chi connectivity index (χ2n) is 3.82. The Morgan fingerprint density at radius 1 is 1.44 bits per heavy atom. The van der Waals surface area contributed by atoms with Gasteiger partial charge in [-0.1, -0.05) is 0 Å². The standard InChI is InChI=1S/C11H14N2O4S/c1-2-18(15,16)13-8-3-4-10-9(7-8)11(14)12-5-6-17-10/h3-4,7,13H,2,5-6H2,1H3,(H,12,14). The molecule has 0 spiro atoms. The molecule has 0 saturated heterocycles. The van der Waals surface area contributed by atoms with Crippen molar-refractivity contribution in [3.63, 3.8) is 0 Å². The predicted molar refractivity (Wildman–Crippen MR) is 67.4 cm³/mol. The maximum atomic E-state index is 11.7. The predicted octanol–water partition coefficient (Wildman–Crippen LogP) is 0.570. The summed E-state index contributed by atoms with van der Waals surface area (Å²) in [7, 11) is -3.35. The summed E-state index contributed by atoms with van der Waals surface area (Å²) in [5, 5.41) is 2.66. The van der Waals surface area contributed by atoms with Crippen molar-refractivity contribution in [3.8, 4) is 5.75 Å². The molecule has 2 N–H and O–H groups in total. The van der Waals surface area contributed by atoms with Crippen molar-refractivity contribution >= 4 is 21.6 Å². The Morgan fingerprint density at radius 3 is 2.94 bits per heavy atom. The van der Waals surface area contributed by atoms with Gasteiger partial charge in [-0.2, -0.15) is 0 Å². The summed E-state index contributed by atoms with van der Waals surface area (Å²) >= 11 is 0. The number of sulfonamides is 1. The number of benzene rings is 1. The molecular weight excluding hydrogens is 256 g/mol. The fraction of sp³-hybridized carbons (Fsp3) is 0.364. The van der Waals surface area contributed by atoms with Gasteiger partial charge < -0.3 is 10.1 Å². The van der Waals surface area contributed by atoms with Crippen molar-refractivity contribution in [2.45, 2.75) is 6.92 Å². The highest BCUT2D eigenvalue weighted by Crippen LogP contribution is 2.24. The van der Waals surface area contributed by atoms with Gasteiger partial charge in [-0.05, 0) is 25.1 Å². The highest BCUT2D eigenvalue weighted by molar-refractivity contribution is 7.92. The summed E-state index contributed by atoms with van der Waals surface area (Å²) in [6.45, 7) is 2.38. The van der Waals surface area contributed by atoms with Gasteiger partial charge in [0, 0.05) is 5.69 Å². The van der Waals surface area contributed by atoms with Gasteiger partial charge in [0.25, 0.3) is 5.91 Å². The summed E-state index contributed by atoms with van der Waals surface area (Å²) in [5.41, 5.74) is 0.694. The van der Waals surface area contributed by atoms with Crippen LogP contribution in [0, 0.1) is 0 Å². The molecule has 0 aliphatic carbocycles. The van der Waals surface area contributed by atoms with Crippen molar-refractivity contribution in [3.05, 3.63) is 23.8 Å². The number of carbonyl (C=O) groups is 1. The number of rotatable bonds is 3. The van der Waals surface area contributed by atoms with Gasteiger partial charge in [-0.3, -0.25) is 9.52 Å². The maximum absolute atomic E-state index is 11.7. The smallest absolute Gasteiger partial charge is 0.255 e. The van der Waals surface area contributed by atoms with E-state index in [-0.39, 0.29) is 11.7 Å². The monoisotopic (exact) mass is 270 g/mol. The minimum atomic E-state index is -3.35. The molecular formula is C11H14N2O4S. The van der Waals surface area contributed by atoms with E-state index in [1.54, 1.807) is 19.1 Å². The molecule has 1 aliphatic heterocycles. The molecule has 98 valence electrons. The second kappa shape index (κ2) is 4.85. The van der Waals surface area contributed by atoms with E-state index in [1.165, 1.54) is 6.07 Å². The first-order valence-electron chi connectivity index (χ1n) is 5.57. The molecule has 0 atom stereocenters. The number of hydrogen-bond donors (Lipinski definition) is 2. The average molecular weight is 270 g/mol. The lowest BCUT2D eigenvalue weighted by molar-refractivity contribution is 0.0957. The SMILES string of the molecule is CCS(=O)(=O)Nc1ccc2c(c1)C(=O)NCCO2. The zero-order valence-corrected chi connectivity index (χ0v) is 10.7. The van der Waals surface area contributed by atoms with Crippen molar-refractivity contribution in [2.24, 2.45) is 0 Å². The second-order valence-corrected chi connectivity index (χ2v) is 5.83. The summed E-state index contributed by atoms with van der Waals surface area (Å²) in [5.74, 6) is 0.178. The number of anilines is 1. The normalized spacial score (nSPS) is 15.1. The third-order valence-electron chi connectivity index (χ3n) is 2.52. The van der Waals surface area contributed by atoms with Crippen molar-refractivity contribution in [1.82, 2.24) is 5.32 Å². The van der Waals surface area contributed by atoms with E-state index < -0.39 is 10.0 Å². The molecule has 1 aromatic rings. The molecule has 1 amide bonds. The van der Waals surface area contributed by atoms with Gasteiger partial charge in [0.15, 0.2) is 0 Å². The zero-order valence-electron chi connectivity index (χ0n) is 9.89. The first kappa shape index (κ1) is 12.7. The highest BCUT2D eigenvalue weighted by atomic mass is 32.2. The molecule has 6 nitrogen and oxygen atoms in total. The molecule has 1 aromatic carbocycles. The van der Waals surface area contributed by atoms with Crippen LogP contribution in [0.25, 0.3) is 0 Å². The summed E-state index contributed by atoms with van der Waals surface area (Å²) in [4.78, 5) is 11.7. The van der Waals surface area contributed by atoms with E-state index >= 15 is 0 Å². The Bertz CT molecular complexity index is 568. The Morgan fingerprint density at radius 2 is 2.22 bits per heavy atom. The molecule has 0 saturated carbocycles. The van der Waals surface area contributed by atoms with Crippen LogP contribution in [0.5, 0.6) is 5.75 Å². The van der Waals surface area contributed by atoms with Crippen LogP contribution in [0.3, 0.4) is 0 Å². The highest BCUT2D eigenvalue weighted by Gasteiger charge is 2.17.